The van der Waals surface area contributed by atoms with Crippen LogP contribution in [0.25, 0.3) is 22.3 Å². The molecule has 1 amide bonds. The molecule has 0 saturated heterocycles. The number of H-pyrrole nitrogens is 1. The van der Waals surface area contributed by atoms with Gasteiger partial charge in [-0.05, 0) is 43.0 Å². The number of fused-ring (bicyclic) bond motifs is 1. The molecular weight excluding hydrogens is 450 g/mol. The van der Waals surface area contributed by atoms with E-state index in [1.807, 2.05) is 36.4 Å². The van der Waals surface area contributed by atoms with E-state index in [1.54, 1.807) is 6.20 Å². The molecule has 174 valence electrons. The first-order chi connectivity index (χ1) is 16.6. The summed E-state index contributed by atoms with van der Waals surface area (Å²) in [6, 6.07) is 18.1. The molecule has 34 heavy (non-hydrogen) atoms. The zero-order valence-electron chi connectivity index (χ0n) is 18.6. The van der Waals surface area contributed by atoms with Gasteiger partial charge >= 0.3 is 6.09 Å². The van der Waals surface area contributed by atoms with Gasteiger partial charge in [0.2, 0.25) is 0 Å². The Bertz CT molecular complexity index is 1310. The van der Waals surface area contributed by atoms with Crippen LogP contribution in [0.1, 0.15) is 42.9 Å². The van der Waals surface area contributed by atoms with Crippen molar-refractivity contribution in [2.24, 2.45) is 0 Å². The largest absolute Gasteiger partial charge is 0.465 e. The molecule has 0 radical (unpaired) electrons. The monoisotopic (exact) mass is 475 g/mol. The first kappa shape index (κ1) is 22.2. The first-order valence-electron chi connectivity index (χ1n) is 11.5. The van der Waals surface area contributed by atoms with Gasteiger partial charge < -0.3 is 20.7 Å². The number of nitrogens with one attached hydrogen (secondary N) is 3. The predicted octanol–water partition coefficient (Wildman–Crippen LogP) is 6.18. The van der Waals surface area contributed by atoms with E-state index in [0.29, 0.717) is 11.6 Å². The molecule has 4 N–H and O–H groups in total. The number of carbonyl (C=O) groups is 1. The van der Waals surface area contributed by atoms with Crippen LogP contribution in [0.5, 0.6) is 0 Å². The summed E-state index contributed by atoms with van der Waals surface area (Å²) in [5, 5.41) is 16.6. The predicted molar refractivity (Wildman–Crippen MR) is 134 cm³/mol. The second kappa shape index (κ2) is 9.73. The Morgan fingerprint density at radius 3 is 2.82 bits per heavy atom. The number of anilines is 1. The maximum Gasteiger partial charge on any atom is 0.404 e. The van der Waals surface area contributed by atoms with Crippen molar-refractivity contribution in [1.82, 2.24) is 20.3 Å². The van der Waals surface area contributed by atoms with Crippen molar-refractivity contribution in [3.63, 3.8) is 0 Å². The third-order valence-electron chi connectivity index (χ3n) is 6.40. The fraction of sp³-hybridized carbons (Fsp3) is 0.269. The van der Waals surface area contributed by atoms with Crippen LogP contribution in [0, 0.1) is 0 Å². The van der Waals surface area contributed by atoms with Gasteiger partial charge in [0.1, 0.15) is 11.5 Å². The summed E-state index contributed by atoms with van der Waals surface area (Å²) in [5.74, 6) is 1.01. The molecule has 1 aliphatic rings. The van der Waals surface area contributed by atoms with Crippen molar-refractivity contribution in [3.8, 4) is 11.3 Å². The summed E-state index contributed by atoms with van der Waals surface area (Å²) in [6.07, 6.45) is 4.29. The van der Waals surface area contributed by atoms with E-state index in [0.717, 1.165) is 59.5 Å². The van der Waals surface area contributed by atoms with Crippen LogP contribution in [0.3, 0.4) is 0 Å². The lowest BCUT2D eigenvalue weighted by Gasteiger charge is -2.28. The van der Waals surface area contributed by atoms with Gasteiger partial charge in [-0.1, -0.05) is 54.4 Å². The van der Waals surface area contributed by atoms with Crippen LogP contribution >= 0.6 is 11.6 Å². The normalized spacial score (nSPS) is 18.0. The van der Waals surface area contributed by atoms with Crippen LogP contribution in [-0.4, -0.2) is 32.2 Å². The zero-order valence-corrected chi connectivity index (χ0v) is 19.3. The van der Waals surface area contributed by atoms with Gasteiger partial charge in [0.25, 0.3) is 0 Å². The number of amides is 1. The molecule has 1 aromatic carbocycles. The number of nitrogens with zero attached hydrogens (tertiary/aromatic N) is 2. The van der Waals surface area contributed by atoms with Gasteiger partial charge in [0, 0.05) is 41.3 Å². The van der Waals surface area contributed by atoms with Gasteiger partial charge in [-0.3, -0.25) is 0 Å². The highest BCUT2D eigenvalue weighted by Crippen LogP contribution is 2.38. The summed E-state index contributed by atoms with van der Waals surface area (Å²) < 4.78 is 0. The topological polar surface area (TPSA) is 103 Å². The number of benzene rings is 1. The average molecular weight is 476 g/mol. The minimum absolute atomic E-state index is 0.0345. The molecule has 3 heterocycles. The SMILES string of the molecule is O=C(O)NC1CCCC(c2cc3c(-c4cccc(NCc5ccccc5)n4)c(Cl)cnc3[nH]2)C1. The summed E-state index contributed by atoms with van der Waals surface area (Å²) in [5.41, 5.74) is 4.61. The Kier molecular flexibility index (Phi) is 6.36. The quantitative estimate of drug-likeness (QED) is 0.266. The minimum Gasteiger partial charge on any atom is -0.465 e. The number of halogens is 1. The van der Waals surface area contributed by atoms with Gasteiger partial charge in [0.05, 0.1) is 10.7 Å². The van der Waals surface area contributed by atoms with E-state index < -0.39 is 6.09 Å². The molecule has 1 aliphatic carbocycles. The highest BCUT2D eigenvalue weighted by molar-refractivity contribution is 6.34. The van der Waals surface area contributed by atoms with Crippen LogP contribution < -0.4 is 10.6 Å². The van der Waals surface area contributed by atoms with E-state index >= 15 is 0 Å². The first-order valence-corrected chi connectivity index (χ1v) is 11.9. The number of rotatable bonds is 6. The summed E-state index contributed by atoms with van der Waals surface area (Å²) in [6.45, 7) is 0.679. The third-order valence-corrected chi connectivity index (χ3v) is 6.68. The number of aromatic amines is 1. The molecule has 5 rings (SSSR count). The lowest BCUT2D eigenvalue weighted by molar-refractivity contribution is 0.184. The molecule has 1 fully saturated rings. The second-order valence-electron chi connectivity index (χ2n) is 8.73. The fourth-order valence-corrected chi connectivity index (χ4v) is 5.04. The van der Waals surface area contributed by atoms with Crippen molar-refractivity contribution in [3.05, 3.63) is 77.1 Å². The Labute approximate surface area is 202 Å². The molecule has 7 nitrogen and oxygen atoms in total. The molecule has 1 saturated carbocycles. The van der Waals surface area contributed by atoms with Crippen molar-refractivity contribution < 1.29 is 9.90 Å². The number of aromatic nitrogens is 3. The van der Waals surface area contributed by atoms with Gasteiger partial charge in [-0.15, -0.1) is 0 Å². The summed E-state index contributed by atoms with van der Waals surface area (Å²) in [7, 11) is 0. The Morgan fingerprint density at radius 2 is 2.00 bits per heavy atom. The molecule has 8 heteroatoms. The fourth-order valence-electron chi connectivity index (χ4n) is 4.79. The summed E-state index contributed by atoms with van der Waals surface area (Å²) in [4.78, 5) is 23.9. The van der Waals surface area contributed by atoms with E-state index in [2.05, 4.69) is 38.8 Å². The molecule has 0 aliphatic heterocycles. The Hall–Kier alpha value is -3.58. The van der Waals surface area contributed by atoms with Crippen molar-refractivity contribution in [2.75, 3.05) is 5.32 Å². The van der Waals surface area contributed by atoms with Crippen molar-refractivity contribution in [2.45, 2.75) is 44.2 Å². The molecule has 2 atom stereocenters. The molecule has 4 aromatic rings. The van der Waals surface area contributed by atoms with Crippen LogP contribution in [0.2, 0.25) is 5.02 Å². The number of pyridine rings is 2. The smallest absolute Gasteiger partial charge is 0.404 e. The van der Waals surface area contributed by atoms with E-state index in [9.17, 15) is 4.79 Å². The number of hydrogen-bond donors (Lipinski definition) is 4. The number of hydrogen-bond acceptors (Lipinski definition) is 4. The molecule has 0 bridgehead atoms. The van der Waals surface area contributed by atoms with E-state index in [1.165, 1.54) is 5.56 Å². The highest BCUT2D eigenvalue weighted by atomic mass is 35.5. The molecular formula is C26H26ClN5O2. The lowest BCUT2D eigenvalue weighted by atomic mass is 9.84. The zero-order chi connectivity index (χ0) is 23.5. The van der Waals surface area contributed by atoms with Crippen molar-refractivity contribution in [1.29, 1.82) is 0 Å². The Balaban J connectivity index is 1.43. The van der Waals surface area contributed by atoms with Crippen LogP contribution in [0.4, 0.5) is 10.6 Å². The third kappa shape index (κ3) is 4.84. The Morgan fingerprint density at radius 1 is 1.15 bits per heavy atom. The molecule has 2 unspecified atom stereocenters. The van der Waals surface area contributed by atoms with Gasteiger partial charge in [-0.2, -0.15) is 0 Å². The number of carboxylic acid groups (broad SMARTS) is 1. The minimum atomic E-state index is -0.968. The van der Waals surface area contributed by atoms with Crippen LogP contribution in [-0.2, 0) is 6.54 Å². The second-order valence-corrected chi connectivity index (χ2v) is 9.13. The lowest BCUT2D eigenvalue weighted by Crippen LogP contribution is -2.37. The average Bonchev–Trinajstić information content (AvgIpc) is 3.28. The maximum absolute atomic E-state index is 11.1. The van der Waals surface area contributed by atoms with Crippen LogP contribution in [0.15, 0.2) is 60.8 Å². The van der Waals surface area contributed by atoms with Gasteiger partial charge in [-0.25, -0.2) is 14.8 Å². The molecule has 3 aromatic heterocycles. The van der Waals surface area contributed by atoms with Gasteiger partial charge in [0.15, 0.2) is 0 Å². The maximum atomic E-state index is 11.1. The van der Waals surface area contributed by atoms with Crippen molar-refractivity contribution >= 4 is 34.5 Å². The highest BCUT2D eigenvalue weighted by Gasteiger charge is 2.26. The molecule has 0 spiro atoms. The standard InChI is InChI=1S/C26H26ClN5O2/c27-20-15-29-25-19(13-22(32-25)17-8-4-9-18(12-17)30-26(33)34)24(20)21-10-5-11-23(31-21)28-14-16-6-2-1-3-7-16/h1-3,5-7,10-11,13,15,17-18,30H,4,8-9,12,14H2,(H,28,31)(H,29,32)(H,33,34). The van der Waals surface area contributed by atoms with E-state index in [-0.39, 0.29) is 12.0 Å². The summed E-state index contributed by atoms with van der Waals surface area (Å²) >= 11 is 6.63. The van der Waals surface area contributed by atoms with E-state index in [4.69, 9.17) is 21.7 Å².